The van der Waals surface area contributed by atoms with Crippen molar-refractivity contribution >= 4 is 12.4 Å². The van der Waals surface area contributed by atoms with Gasteiger partial charge < -0.3 is 5.73 Å². The molecule has 0 aromatic rings. The van der Waals surface area contributed by atoms with Gasteiger partial charge in [0.15, 0.2) is 0 Å². The van der Waals surface area contributed by atoms with Crippen LogP contribution in [0.25, 0.3) is 0 Å². The lowest BCUT2D eigenvalue weighted by Gasteiger charge is -2.23. The summed E-state index contributed by atoms with van der Waals surface area (Å²) in [5, 5.41) is 0. The van der Waals surface area contributed by atoms with Gasteiger partial charge in [0.25, 0.3) is 0 Å². The molecule has 2 atom stereocenters. The standard InChI is InChI=1S/C8H13N.ClH/c1-2-7-5-3-4-6-8(7)9;/h1,7-8H,3-6,9H2;1H/t7-,8+;/m1./s1. The summed E-state index contributed by atoms with van der Waals surface area (Å²) >= 11 is 0. The molecule has 1 fully saturated rings. The number of hydrogen-bond acceptors (Lipinski definition) is 1. The van der Waals surface area contributed by atoms with Crippen molar-refractivity contribution in [3.05, 3.63) is 0 Å². The predicted octanol–water partition coefficient (Wildman–Crippen LogP) is 1.56. The number of terminal acetylenes is 1. The number of hydrogen-bond donors (Lipinski definition) is 1. The van der Waals surface area contributed by atoms with E-state index in [9.17, 15) is 0 Å². The number of rotatable bonds is 0. The lowest BCUT2D eigenvalue weighted by atomic mass is 9.86. The fourth-order valence-electron chi connectivity index (χ4n) is 1.37. The largest absolute Gasteiger partial charge is 0.327 e. The van der Waals surface area contributed by atoms with Crippen LogP contribution in [0.2, 0.25) is 0 Å². The Balaban J connectivity index is 0.000000810. The molecule has 0 aromatic heterocycles. The smallest absolute Gasteiger partial charge is 0.0351 e. The van der Waals surface area contributed by atoms with Gasteiger partial charge >= 0.3 is 0 Å². The van der Waals surface area contributed by atoms with E-state index >= 15 is 0 Å². The lowest BCUT2D eigenvalue weighted by molar-refractivity contribution is 0.372. The normalized spacial score (nSPS) is 32.0. The molecule has 0 bridgehead atoms. The Morgan fingerprint density at radius 1 is 1.30 bits per heavy atom. The van der Waals surface area contributed by atoms with Crippen LogP contribution in [0.4, 0.5) is 0 Å². The summed E-state index contributed by atoms with van der Waals surface area (Å²) in [5.41, 5.74) is 5.75. The molecule has 0 aromatic carbocycles. The van der Waals surface area contributed by atoms with Gasteiger partial charge in [0.05, 0.1) is 0 Å². The van der Waals surface area contributed by atoms with Gasteiger partial charge in [-0.05, 0) is 12.8 Å². The summed E-state index contributed by atoms with van der Waals surface area (Å²) in [5.74, 6) is 3.09. The highest BCUT2D eigenvalue weighted by Gasteiger charge is 2.18. The molecule has 1 saturated carbocycles. The molecule has 0 saturated heterocycles. The molecule has 10 heavy (non-hydrogen) atoms. The Bertz CT molecular complexity index is 128. The Morgan fingerprint density at radius 2 is 1.90 bits per heavy atom. The minimum Gasteiger partial charge on any atom is -0.327 e. The summed E-state index contributed by atoms with van der Waals surface area (Å²) in [7, 11) is 0. The van der Waals surface area contributed by atoms with Crippen molar-refractivity contribution in [3.63, 3.8) is 0 Å². The second-order valence-corrected chi connectivity index (χ2v) is 2.72. The molecule has 0 amide bonds. The third kappa shape index (κ3) is 2.21. The van der Waals surface area contributed by atoms with Crippen molar-refractivity contribution < 1.29 is 0 Å². The van der Waals surface area contributed by atoms with Crippen LogP contribution in [-0.2, 0) is 0 Å². The van der Waals surface area contributed by atoms with E-state index in [1.54, 1.807) is 0 Å². The van der Waals surface area contributed by atoms with Crippen LogP contribution in [-0.4, -0.2) is 6.04 Å². The average Bonchev–Trinajstić information content (AvgIpc) is 1.89. The molecule has 0 radical (unpaired) electrons. The molecule has 1 aliphatic carbocycles. The first kappa shape index (κ1) is 9.81. The number of halogens is 1. The van der Waals surface area contributed by atoms with Crippen LogP contribution in [0.3, 0.4) is 0 Å². The van der Waals surface area contributed by atoms with Gasteiger partial charge in [-0.15, -0.1) is 24.8 Å². The molecule has 2 heteroatoms. The van der Waals surface area contributed by atoms with Gasteiger partial charge in [-0.2, -0.15) is 0 Å². The molecule has 0 spiro atoms. The molecule has 1 aliphatic rings. The van der Waals surface area contributed by atoms with Crippen LogP contribution in [0.1, 0.15) is 25.7 Å². The van der Waals surface area contributed by atoms with Crippen molar-refractivity contribution in [1.29, 1.82) is 0 Å². The molecule has 2 N–H and O–H groups in total. The summed E-state index contributed by atoms with van der Waals surface area (Å²) in [6, 6.07) is 0.281. The van der Waals surface area contributed by atoms with E-state index in [2.05, 4.69) is 5.92 Å². The zero-order valence-electron chi connectivity index (χ0n) is 6.05. The van der Waals surface area contributed by atoms with E-state index in [4.69, 9.17) is 12.2 Å². The zero-order valence-corrected chi connectivity index (χ0v) is 6.86. The van der Waals surface area contributed by atoms with Gasteiger partial charge in [0.2, 0.25) is 0 Å². The Kier molecular flexibility index (Phi) is 4.51. The highest BCUT2D eigenvalue weighted by atomic mass is 35.5. The molecule has 0 aliphatic heterocycles. The topological polar surface area (TPSA) is 26.0 Å². The van der Waals surface area contributed by atoms with E-state index in [0.29, 0.717) is 5.92 Å². The zero-order chi connectivity index (χ0) is 6.69. The fourth-order valence-corrected chi connectivity index (χ4v) is 1.37. The molecule has 1 rings (SSSR count). The quantitative estimate of drug-likeness (QED) is 0.534. The van der Waals surface area contributed by atoms with E-state index in [1.807, 2.05) is 0 Å². The van der Waals surface area contributed by atoms with Crippen molar-refractivity contribution in [2.24, 2.45) is 11.7 Å². The first-order valence-electron chi connectivity index (χ1n) is 3.56. The number of nitrogens with two attached hydrogens (primary N) is 1. The SMILES string of the molecule is C#C[C@@H]1CCCC[C@@H]1N.Cl. The van der Waals surface area contributed by atoms with Crippen molar-refractivity contribution in [1.82, 2.24) is 0 Å². The highest BCUT2D eigenvalue weighted by Crippen LogP contribution is 2.21. The molecule has 0 heterocycles. The first-order chi connectivity index (χ1) is 4.34. The third-order valence-corrected chi connectivity index (χ3v) is 2.03. The molecular weight excluding hydrogens is 146 g/mol. The second-order valence-electron chi connectivity index (χ2n) is 2.72. The summed E-state index contributed by atoms with van der Waals surface area (Å²) in [6.45, 7) is 0. The van der Waals surface area contributed by atoms with Crippen LogP contribution in [0, 0.1) is 18.3 Å². The van der Waals surface area contributed by atoms with Crippen LogP contribution in [0.5, 0.6) is 0 Å². The summed E-state index contributed by atoms with van der Waals surface area (Å²) in [4.78, 5) is 0. The Morgan fingerprint density at radius 3 is 2.30 bits per heavy atom. The molecule has 58 valence electrons. The maximum Gasteiger partial charge on any atom is 0.0351 e. The summed E-state index contributed by atoms with van der Waals surface area (Å²) < 4.78 is 0. The molecular formula is C8H14ClN. The van der Waals surface area contributed by atoms with Crippen molar-refractivity contribution in [2.75, 3.05) is 0 Å². The van der Waals surface area contributed by atoms with E-state index in [-0.39, 0.29) is 18.4 Å². The van der Waals surface area contributed by atoms with Gasteiger partial charge in [0, 0.05) is 12.0 Å². The van der Waals surface area contributed by atoms with Gasteiger partial charge in [-0.25, -0.2) is 0 Å². The fraction of sp³-hybridized carbons (Fsp3) is 0.750. The first-order valence-corrected chi connectivity index (χ1v) is 3.56. The molecule has 1 nitrogen and oxygen atoms in total. The van der Waals surface area contributed by atoms with Crippen LogP contribution in [0.15, 0.2) is 0 Å². The van der Waals surface area contributed by atoms with E-state index < -0.39 is 0 Å². The third-order valence-electron chi connectivity index (χ3n) is 2.03. The van der Waals surface area contributed by atoms with Crippen molar-refractivity contribution in [2.45, 2.75) is 31.7 Å². The average molecular weight is 160 g/mol. The minimum absolute atomic E-state index is 0. The van der Waals surface area contributed by atoms with Crippen LogP contribution >= 0.6 is 12.4 Å². The summed E-state index contributed by atoms with van der Waals surface area (Å²) in [6.07, 6.45) is 10.0. The molecule has 0 unspecified atom stereocenters. The monoisotopic (exact) mass is 159 g/mol. The van der Waals surface area contributed by atoms with E-state index in [0.717, 1.165) is 12.8 Å². The Labute approximate surface area is 68.8 Å². The van der Waals surface area contributed by atoms with Gasteiger partial charge in [-0.1, -0.05) is 12.8 Å². The maximum absolute atomic E-state index is 5.75. The highest BCUT2D eigenvalue weighted by molar-refractivity contribution is 5.85. The van der Waals surface area contributed by atoms with E-state index in [1.165, 1.54) is 12.8 Å². The maximum atomic E-state index is 5.75. The van der Waals surface area contributed by atoms with Crippen molar-refractivity contribution in [3.8, 4) is 12.3 Å². The lowest BCUT2D eigenvalue weighted by Crippen LogP contribution is -2.31. The second kappa shape index (κ2) is 4.60. The Hall–Kier alpha value is -0.190. The van der Waals surface area contributed by atoms with Gasteiger partial charge in [0.1, 0.15) is 0 Å². The minimum atomic E-state index is 0. The predicted molar refractivity (Wildman–Crippen MR) is 46.0 cm³/mol. The van der Waals surface area contributed by atoms with Gasteiger partial charge in [-0.3, -0.25) is 0 Å². The van der Waals surface area contributed by atoms with Crippen LogP contribution < -0.4 is 5.73 Å².